The number of hydrogen-bond acceptors (Lipinski definition) is 3. The number of benzene rings is 1. The molecule has 1 N–H and O–H groups in total. The van der Waals surface area contributed by atoms with E-state index in [-0.39, 0.29) is 16.5 Å². The van der Waals surface area contributed by atoms with Crippen LogP contribution in [0, 0.1) is 11.7 Å². The molecule has 0 heterocycles. The highest BCUT2D eigenvalue weighted by molar-refractivity contribution is 8.13. The molecular formula is C14H19ClFNO3S. The molecule has 0 saturated carbocycles. The molecule has 1 aromatic rings. The van der Waals surface area contributed by atoms with Gasteiger partial charge in [0, 0.05) is 16.7 Å². The fourth-order valence-electron chi connectivity index (χ4n) is 2.23. The summed E-state index contributed by atoms with van der Waals surface area (Å²) in [6, 6.07) is 2.89. The topological polar surface area (TPSA) is 63.2 Å². The third-order valence-corrected chi connectivity index (χ3v) is 4.93. The fourth-order valence-corrected chi connectivity index (χ4v) is 2.99. The number of hydrogen-bond donors (Lipinski definition) is 1. The summed E-state index contributed by atoms with van der Waals surface area (Å²) in [5, 5.41) is 2.74. The van der Waals surface area contributed by atoms with Crippen LogP contribution in [0.25, 0.3) is 0 Å². The first-order valence-electron chi connectivity index (χ1n) is 6.75. The van der Waals surface area contributed by atoms with E-state index in [0.29, 0.717) is 5.92 Å². The Balaban J connectivity index is 2.94. The minimum Gasteiger partial charge on any atom is -0.349 e. The second kappa shape index (κ2) is 7.22. The lowest BCUT2D eigenvalue weighted by Gasteiger charge is -2.22. The van der Waals surface area contributed by atoms with Gasteiger partial charge in [0.1, 0.15) is 5.82 Å². The number of nitrogens with one attached hydrogen (secondary N) is 1. The number of rotatable bonds is 6. The number of carbonyl (C=O) groups is 1. The van der Waals surface area contributed by atoms with Crippen LogP contribution in [0.5, 0.6) is 0 Å². The van der Waals surface area contributed by atoms with E-state index in [9.17, 15) is 17.6 Å². The maximum atomic E-state index is 13.9. The van der Waals surface area contributed by atoms with Gasteiger partial charge >= 0.3 is 0 Å². The van der Waals surface area contributed by atoms with Crippen LogP contribution in [0.3, 0.4) is 0 Å². The molecule has 0 aromatic heterocycles. The Hall–Kier alpha value is -1.14. The van der Waals surface area contributed by atoms with Crippen molar-refractivity contribution in [3.05, 3.63) is 29.6 Å². The van der Waals surface area contributed by atoms with Crippen LogP contribution < -0.4 is 5.32 Å². The Morgan fingerprint density at radius 2 is 1.90 bits per heavy atom. The molecule has 0 radical (unpaired) electrons. The van der Waals surface area contributed by atoms with Crippen LogP contribution in [0.4, 0.5) is 4.39 Å². The largest absolute Gasteiger partial charge is 0.349 e. The van der Waals surface area contributed by atoms with Crippen LogP contribution >= 0.6 is 10.7 Å². The lowest BCUT2D eigenvalue weighted by molar-refractivity contribution is 0.0921. The molecule has 118 valence electrons. The van der Waals surface area contributed by atoms with Gasteiger partial charge in [-0.1, -0.05) is 26.7 Å². The summed E-state index contributed by atoms with van der Waals surface area (Å²) in [5.41, 5.74) is -0.197. The molecule has 1 rings (SSSR count). The van der Waals surface area contributed by atoms with Crippen LogP contribution in [-0.2, 0) is 9.05 Å². The van der Waals surface area contributed by atoms with Crippen molar-refractivity contribution >= 4 is 25.6 Å². The van der Waals surface area contributed by atoms with Crippen molar-refractivity contribution in [2.24, 2.45) is 5.92 Å². The van der Waals surface area contributed by atoms with Gasteiger partial charge in [-0.15, -0.1) is 0 Å². The van der Waals surface area contributed by atoms with Gasteiger partial charge < -0.3 is 5.32 Å². The zero-order valence-electron chi connectivity index (χ0n) is 12.2. The number of amides is 1. The number of carbonyl (C=O) groups excluding carboxylic acids is 1. The monoisotopic (exact) mass is 335 g/mol. The van der Waals surface area contributed by atoms with E-state index in [1.54, 1.807) is 0 Å². The second-order valence-corrected chi connectivity index (χ2v) is 7.48. The summed E-state index contributed by atoms with van der Waals surface area (Å²) in [6.07, 6.45) is 1.81. The van der Waals surface area contributed by atoms with Crippen LogP contribution in [0.2, 0.25) is 0 Å². The van der Waals surface area contributed by atoms with Crippen molar-refractivity contribution in [1.29, 1.82) is 0 Å². The van der Waals surface area contributed by atoms with Gasteiger partial charge in [0.05, 0.1) is 10.5 Å². The second-order valence-electron chi connectivity index (χ2n) is 4.92. The van der Waals surface area contributed by atoms with Gasteiger partial charge in [0.2, 0.25) is 0 Å². The molecule has 4 nitrogen and oxygen atoms in total. The summed E-state index contributed by atoms with van der Waals surface area (Å²) < 4.78 is 36.1. The molecule has 1 aromatic carbocycles. The third-order valence-electron chi connectivity index (χ3n) is 3.58. The quantitative estimate of drug-likeness (QED) is 0.811. The van der Waals surface area contributed by atoms with Crippen molar-refractivity contribution in [2.45, 2.75) is 44.6 Å². The lowest BCUT2D eigenvalue weighted by Crippen LogP contribution is -2.38. The highest BCUT2D eigenvalue weighted by Gasteiger charge is 2.20. The van der Waals surface area contributed by atoms with E-state index >= 15 is 0 Å². The molecule has 0 aliphatic heterocycles. The van der Waals surface area contributed by atoms with E-state index in [1.807, 2.05) is 20.8 Å². The highest BCUT2D eigenvalue weighted by Crippen LogP contribution is 2.19. The first kappa shape index (κ1) is 17.9. The van der Waals surface area contributed by atoms with Gasteiger partial charge in [-0.25, -0.2) is 12.8 Å². The molecule has 0 aliphatic carbocycles. The van der Waals surface area contributed by atoms with E-state index < -0.39 is 20.8 Å². The van der Waals surface area contributed by atoms with Crippen LogP contribution in [0.15, 0.2) is 23.1 Å². The maximum absolute atomic E-state index is 13.9. The molecule has 0 fully saturated rings. The summed E-state index contributed by atoms with van der Waals surface area (Å²) in [6.45, 7) is 5.92. The van der Waals surface area contributed by atoms with Gasteiger partial charge in [-0.05, 0) is 31.0 Å². The lowest BCUT2D eigenvalue weighted by atomic mass is 9.95. The molecule has 0 saturated heterocycles. The van der Waals surface area contributed by atoms with Gasteiger partial charge in [-0.3, -0.25) is 4.79 Å². The smallest absolute Gasteiger partial charge is 0.261 e. The molecular weight excluding hydrogens is 317 g/mol. The highest BCUT2D eigenvalue weighted by atomic mass is 35.7. The molecule has 0 spiro atoms. The Bertz CT molecular complexity index is 615. The molecule has 1 amide bonds. The predicted octanol–water partition coefficient (Wildman–Crippen LogP) is 3.31. The van der Waals surface area contributed by atoms with Gasteiger partial charge in [-0.2, -0.15) is 0 Å². The Kier molecular flexibility index (Phi) is 6.16. The summed E-state index contributed by atoms with van der Waals surface area (Å²) in [4.78, 5) is 11.7. The Morgan fingerprint density at radius 1 is 1.33 bits per heavy atom. The average molecular weight is 336 g/mol. The summed E-state index contributed by atoms with van der Waals surface area (Å²) >= 11 is 0. The zero-order chi connectivity index (χ0) is 16.2. The average Bonchev–Trinajstić information content (AvgIpc) is 2.38. The minimum absolute atomic E-state index is 0.0941. The van der Waals surface area contributed by atoms with Gasteiger partial charge in [0.15, 0.2) is 0 Å². The minimum atomic E-state index is -4.01. The van der Waals surface area contributed by atoms with E-state index in [4.69, 9.17) is 10.7 Å². The first-order valence-corrected chi connectivity index (χ1v) is 9.06. The van der Waals surface area contributed by atoms with Crippen molar-refractivity contribution in [3.63, 3.8) is 0 Å². The van der Waals surface area contributed by atoms with Crippen LogP contribution in [-0.4, -0.2) is 20.4 Å². The van der Waals surface area contributed by atoms with E-state index in [1.165, 1.54) is 0 Å². The van der Waals surface area contributed by atoms with Gasteiger partial charge in [0.25, 0.3) is 15.0 Å². The molecule has 21 heavy (non-hydrogen) atoms. The summed E-state index contributed by atoms with van der Waals surface area (Å²) in [5.74, 6) is -1.17. The predicted molar refractivity (Wildman–Crippen MR) is 80.4 cm³/mol. The normalized spacial score (nSPS) is 13.2. The van der Waals surface area contributed by atoms with E-state index in [2.05, 4.69) is 5.32 Å². The molecule has 7 heteroatoms. The van der Waals surface area contributed by atoms with Crippen molar-refractivity contribution in [1.82, 2.24) is 5.32 Å². The summed E-state index contributed by atoms with van der Waals surface area (Å²) in [7, 11) is 1.12. The van der Waals surface area contributed by atoms with Crippen molar-refractivity contribution in [2.75, 3.05) is 0 Å². The molecule has 0 bridgehead atoms. The standard InChI is InChI=1S/C14H19ClFNO3S/c1-4-10(5-2)9(3)17-14(18)12-7-6-11(8-13(12)16)21(15,19)20/h6-10H,4-5H2,1-3H3,(H,17,18). The molecule has 1 unspecified atom stereocenters. The Morgan fingerprint density at radius 3 is 2.33 bits per heavy atom. The van der Waals surface area contributed by atoms with Crippen molar-refractivity contribution < 1.29 is 17.6 Å². The third kappa shape index (κ3) is 4.68. The fraction of sp³-hybridized carbons (Fsp3) is 0.500. The van der Waals surface area contributed by atoms with E-state index in [0.717, 1.165) is 31.0 Å². The maximum Gasteiger partial charge on any atom is 0.261 e. The molecule has 0 aliphatic rings. The SMILES string of the molecule is CCC(CC)C(C)NC(=O)c1ccc(S(=O)(=O)Cl)cc1F. The molecule has 1 atom stereocenters. The zero-order valence-corrected chi connectivity index (χ0v) is 13.8. The first-order chi connectivity index (χ1) is 9.70. The van der Waals surface area contributed by atoms with Crippen molar-refractivity contribution in [3.8, 4) is 0 Å². The number of halogens is 2. The van der Waals surface area contributed by atoms with Crippen LogP contribution in [0.1, 0.15) is 44.0 Å². The Labute approximate surface area is 129 Å².